The number of anilines is 2. The van der Waals surface area contributed by atoms with E-state index in [2.05, 4.69) is 10.6 Å². The zero-order valence-corrected chi connectivity index (χ0v) is 14.7. The van der Waals surface area contributed by atoms with Crippen molar-refractivity contribution in [2.24, 2.45) is 0 Å². The summed E-state index contributed by atoms with van der Waals surface area (Å²) < 4.78 is 5.40. The fraction of sp³-hybridized carbons (Fsp3) is 0.176. The Hall–Kier alpha value is -3.13. The summed E-state index contributed by atoms with van der Waals surface area (Å²) in [7, 11) is 0. The maximum Gasteiger partial charge on any atom is 0.312 e. The summed E-state index contributed by atoms with van der Waals surface area (Å²) in [6, 6.07) is 10.4. The summed E-state index contributed by atoms with van der Waals surface area (Å²) in [6.07, 6.45) is -0.982. The van der Waals surface area contributed by atoms with Crippen LogP contribution in [0, 0.1) is 10.1 Å². The highest BCUT2D eigenvalue weighted by atomic mass is 35.5. The van der Waals surface area contributed by atoms with Crippen LogP contribution in [-0.4, -0.2) is 22.8 Å². The van der Waals surface area contributed by atoms with E-state index in [-0.39, 0.29) is 22.4 Å². The Morgan fingerprint density at radius 2 is 1.69 bits per heavy atom. The number of halogens is 1. The minimum atomic E-state index is -0.982. The summed E-state index contributed by atoms with van der Waals surface area (Å²) in [6.45, 7) is 2.87. The van der Waals surface area contributed by atoms with Crippen molar-refractivity contribution in [1.82, 2.24) is 0 Å². The maximum atomic E-state index is 12.2. The smallest absolute Gasteiger partial charge is 0.312 e. The van der Waals surface area contributed by atoms with Gasteiger partial charge in [0.15, 0.2) is 11.9 Å². The lowest BCUT2D eigenvalue weighted by atomic mass is 10.2. The van der Waals surface area contributed by atoms with Crippen molar-refractivity contribution < 1.29 is 19.2 Å². The summed E-state index contributed by atoms with van der Waals surface area (Å²) in [5.74, 6) is -0.738. The Morgan fingerprint density at radius 1 is 1.12 bits per heavy atom. The number of carbonyl (C=O) groups is 2. The third-order valence-corrected chi connectivity index (χ3v) is 3.50. The highest BCUT2D eigenvalue weighted by Gasteiger charge is 2.21. The Labute approximate surface area is 154 Å². The van der Waals surface area contributed by atoms with E-state index in [1.165, 1.54) is 26.0 Å². The molecule has 0 spiro atoms. The molecular weight excluding hydrogens is 362 g/mol. The van der Waals surface area contributed by atoms with E-state index in [1.54, 1.807) is 24.3 Å². The molecule has 2 aromatic carbocycles. The molecule has 0 aromatic heterocycles. The van der Waals surface area contributed by atoms with Crippen LogP contribution in [0.4, 0.5) is 17.1 Å². The van der Waals surface area contributed by atoms with Crippen LogP contribution in [0.5, 0.6) is 5.75 Å². The van der Waals surface area contributed by atoms with E-state index in [9.17, 15) is 19.7 Å². The van der Waals surface area contributed by atoms with E-state index in [1.807, 2.05) is 0 Å². The van der Waals surface area contributed by atoms with Gasteiger partial charge in [-0.2, -0.15) is 0 Å². The largest absolute Gasteiger partial charge is 0.474 e. The van der Waals surface area contributed by atoms with Crippen molar-refractivity contribution in [3.63, 3.8) is 0 Å². The molecule has 0 fully saturated rings. The minimum Gasteiger partial charge on any atom is -0.474 e. The molecule has 0 saturated heterocycles. The topological polar surface area (TPSA) is 111 Å². The molecule has 9 heteroatoms. The highest BCUT2D eigenvalue weighted by Crippen LogP contribution is 2.30. The molecule has 2 rings (SSSR count). The fourth-order valence-corrected chi connectivity index (χ4v) is 2.23. The Balaban J connectivity index is 2.04. The van der Waals surface area contributed by atoms with Gasteiger partial charge in [-0.3, -0.25) is 19.7 Å². The first-order chi connectivity index (χ1) is 12.3. The molecular formula is C17H16ClN3O5. The van der Waals surface area contributed by atoms with Gasteiger partial charge >= 0.3 is 5.69 Å². The number of nitro benzene ring substituents is 1. The average molecular weight is 378 g/mol. The molecule has 2 aromatic rings. The molecule has 26 heavy (non-hydrogen) atoms. The van der Waals surface area contributed by atoms with E-state index in [4.69, 9.17) is 16.3 Å². The van der Waals surface area contributed by atoms with Crippen LogP contribution in [0.15, 0.2) is 42.5 Å². The molecule has 0 radical (unpaired) electrons. The molecule has 1 atom stereocenters. The molecule has 0 aliphatic rings. The molecule has 0 heterocycles. The van der Waals surface area contributed by atoms with E-state index < -0.39 is 16.9 Å². The average Bonchev–Trinajstić information content (AvgIpc) is 2.57. The standard InChI is InChI=1S/C17H16ClN3O5/c1-10(26-16-8-3-12(18)9-15(16)21(24)25)17(23)20-14-6-4-13(5-7-14)19-11(2)22/h3-10H,1-2H3,(H,19,22)(H,20,23)/t10-/m0/s1. The molecule has 2 N–H and O–H groups in total. The zero-order valence-electron chi connectivity index (χ0n) is 14.0. The van der Waals surface area contributed by atoms with Crippen LogP contribution in [0.3, 0.4) is 0 Å². The number of nitro groups is 1. The molecule has 136 valence electrons. The highest BCUT2D eigenvalue weighted by molar-refractivity contribution is 6.30. The van der Waals surface area contributed by atoms with Crippen LogP contribution in [0.2, 0.25) is 5.02 Å². The summed E-state index contributed by atoms with van der Waals surface area (Å²) in [4.78, 5) is 33.6. The third-order valence-electron chi connectivity index (χ3n) is 3.26. The van der Waals surface area contributed by atoms with E-state index >= 15 is 0 Å². The van der Waals surface area contributed by atoms with Gasteiger partial charge in [0.05, 0.1) is 4.92 Å². The maximum absolute atomic E-state index is 12.2. The van der Waals surface area contributed by atoms with Gasteiger partial charge in [-0.05, 0) is 43.3 Å². The van der Waals surface area contributed by atoms with Crippen LogP contribution < -0.4 is 15.4 Å². The number of carbonyl (C=O) groups excluding carboxylic acids is 2. The van der Waals surface area contributed by atoms with E-state index in [0.717, 1.165) is 6.07 Å². The lowest BCUT2D eigenvalue weighted by Crippen LogP contribution is -2.30. The van der Waals surface area contributed by atoms with E-state index in [0.29, 0.717) is 11.4 Å². The van der Waals surface area contributed by atoms with Crippen molar-refractivity contribution in [3.05, 3.63) is 57.6 Å². The van der Waals surface area contributed by atoms with Crippen LogP contribution in [0.25, 0.3) is 0 Å². The number of rotatable bonds is 6. The van der Waals surface area contributed by atoms with Gasteiger partial charge in [0.1, 0.15) is 0 Å². The molecule has 0 aliphatic heterocycles. The monoisotopic (exact) mass is 377 g/mol. The number of ether oxygens (including phenoxy) is 1. The Bertz CT molecular complexity index is 839. The molecule has 0 bridgehead atoms. The predicted molar refractivity (Wildman–Crippen MR) is 97.6 cm³/mol. The second-order valence-electron chi connectivity index (χ2n) is 5.38. The van der Waals surface area contributed by atoms with Gasteiger partial charge in [0.25, 0.3) is 5.91 Å². The normalized spacial score (nSPS) is 11.3. The first-order valence-electron chi connectivity index (χ1n) is 7.55. The number of hydrogen-bond donors (Lipinski definition) is 2. The lowest BCUT2D eigenvalue weighted by Gasteiger charge is -2.15. The van der Waals surface area contributed by atoms with Crippen molar-refractivity contribution in [2.45, 2.75) is 20.0 Å². The van der Waals surface area contributed by atoms with Gasteiger partial charge in [-0.25, -0.2) is 0 Å². The Kier molecular flexibility index (Phi) is 6.13. The first-order valence-corrected chi connectivity index (χ1v) is 7.93. The Morgan fingerprint density at radius 3 is 2.23 bits per heavy atom. The minimum absolute atomic E-state index is 0.0527. The molecule has 0 unspecified atom stereocenters. The van der Waals surface area contributed by atoms with Crippen molar-refractivity contribution in [1.29, 1.82) is 0 Å². The van der Waals surface area contributed by atoms with Crippen molar-refractivity contribution in [2.75, 3.05) is 10.6 Å². The summed E-state index contributed by atoms with van der Waals surface area (Å²) >= 11 is 5.75. The third kappa shape index (κ3) is 5.18. The fourth-order valence-electron chi connectivity index (χ4n) is 2.06. The number of nitrogens with one attached hydrogen (secondary N) is 2. The van der Waals surface area contributed by atoms with Crippen LogP contribution in [-0.2, 0) is 9.59 Å². The second kappa shape index (κ2) is 8.30. The van der Waals surface area contributed by atoms with Gasteiger partial charge in [0.2, 0.25) is 5.91 Å². The quantitative estimate of drug-likeness (QED) is 0.590. The zero-order chi connectivity index (χ0) is 19.3. The number of hydrogen-bond acceptors (Lipinski definition) is 5. The molecule has 8 nitrogen and oxygen atoms in total. The first kappa shape index (κ1) is 19.2. The number of amides is 2. The SMILES string of the molecule is CC(=O)Nc1ccc(NC(=O)[C@H](C)Oc2ccc(Cl)cc2[N+](=O)[O-])cc1. The number of nitrogens with zero attached hydrogens (tertiary/aromatic N) is 1. The van der Waals surface area contributed by atoms with Gasteiger partial charge in [-0.1, -0.05) is 11.6 Å². The van der Waals surface area contributed by atoms with Crippen LogP contribution in [0.1, 0.15) is 13.8 Å². The van der Waals surface area contributed by atoms with Gasteiger partial charge in [-0.15, -0.1) is 0 Å². The number of benzene rings is 2. The second-order valence-corrected chi connectivity index (χ2v) is 5.81. The van der Waals surface area contributed by atoms with Crippen LogP contribution >= 0.6 is 11.6 Å². The molecule has 0 aliphatic carbocycles. The van der Waals surface area contributed by atoms with Crippen molar-refractivity contribution in [3.8, 4) is 5.75 Å². The summed E-state index contributed by atoms with van der Waals surface area (Å²) in [5, 5.41) is 16.5. The molecule has 2 amide bonds. The van der Waals surface area contributed by atoms with Gasteiger partial charge < -0.3 is 15.4 Å². The summed E-state index contributed by atoms with van der Waals surface area (Å²) in [5.41, 5.74) is 0.763. The predicted octanol–water partition coefficient (Wildman–Crippen LogP) is 3.61. The van der Waals surface area contributed by atoms with Crippen molar-refractivity contribution >= 4 is 40.5 Å². The molecule has 0 saturated carbocycles. The van der Waals surface area contributed by atoms with Gasteiger partial charge in [0, 0.05) is 29.4 Å². The lowest BCUT2D eigenvalue weighted by molar-refractivity contribution is -0.386.